The predicted molar refractivity (Wildman–Crippen MR) is 521 cm³/mol. The Morgan fingerprint density at radius 2 is 0.711 bits per heavy atom. The highest BCUT2D eigenvalue weighted by Gasteiger charge is 2.52. The number of nitrogen functional groups attached to an aromatic ring is 1. The Morgan fingerprint density at radius 1 is 0.387 bits per heavy atom. The van der Waals surface area contributed by atoms with E-state index in [2.05, 4.69) is 109 Å². The number of aromatic nitrogens is 14. The molecule has 50 heteroatoms. The number of ketones is 1. The first-order valence-corrected chi connectivity index (χ1v) is 46.7. The number of likely N-dealkylation sites (tertiary alicyclic amines) is 2. The third kappa shape index (κ3) is 23.5. The van der Waals surface area contributed by atoms with Crippen LogP contribution < -0.4 is 109 Å². The van der Waals surface area contributed by atoms with Gasteiger partial charge in [-0.2, -0.15) is 0 Å². The fraction of sp³-hybridized carbons (Fsp3) is 0.402. The standard InChI is InChI=1S/C20H24N6O4.C16H20ClN3O4.2C15H16N6O2.C11H12ClN3O2.C6H5ClN2O2.C5H9NO.C4H5N3/c1-19(2,3)30-18(29)25-10-4-8-20(11-25)24-16(27)14-6-5-13(17(28)26(14)20)23-15-7-9-21-12-22-15;1-15(2,3)24-14(23)19-8-4-7-16(9-19)18-12(21)11-6-5-10(17)13(22)20(11)16;2*22-13-11-3-2-10(19-12-4-7-17-9-18-12)14(23)21(11)15(20-13)5-1-6-16-8-15;12-7-2-3-8-9(16)14-11(15(8)10(7)17)4-1-5-13-6-11;7-3-1-2-4(5(8)10)9-6(3)11;7-5-2-1-3-6-4-5;5-4-1-2-6-3-7-4/h5-7,9,12H,4,8,10-11H2,1-3H3,(H,24,27)(H,21,22,23);5-6H,4,7-9H2,1-3H3,(H,18,21);2*2-4,7,9,16H,1,5-6,8H2,(H,20,22)(H,17,18,19);2-3,13H,1,4-6H2,(H,14,16);1-2H,(H2,8,10)(H,9,11);6H,1-4H2;1-3H,(H2,5,6,7). The lowest BCUT2D eigenvalue weighted by molar-refractivity contribution is -0.119. The molecular weight excluding hydrogens is 1900 g/mol. The molecular formula is C92H107Cl3N30O17. The SMILES string of the molecule is CC(C)(C)OC(=O)N1CCCC2(C1)NC(=O)c1ccc(Cl)c(=O)n12.CC(C)(C)OC(=O)N1CCCC2(C1)NC(=O)c1ccc(Nc3ccncn3)c(=O)n12.NC(=O)c1ccc(Cl)c(=O)[nH]1.Nc1ccncn1.O=C1CCCNC1.O=C1NC2(CCCNC2)n2c1ccc(Cl)c2=O.O=C1NC2(CCCNC2)n2c1ccc(Nc1ccncn1)c2=O.O=C1NC2(CCCNC2)n2c1ccc(Nc1ccncn1)c2=O. The van der Waals surface area contributed by atoms with Crippen LogP contribution in [0.15, 0.2) is 176 Å². The lowest BCUT2D eigenvalue weighted by atomic mass is 9.98. The summed E-state index contributed by atoms with van der Waals surface area (Å²) in [5, 5.41) is 36.6. The zero-order valence-electron chi connectivity index (χ0n) is 78.3. The van der Waals surface area contributed by atoms with Gasteiger partial charge in [0.15, 0.2) is 0 Å². The van der Waals surface area contributed by atoms with Gasteiger partial charge >= 0.3 is 12.2 Å². The van der Waals surface area contributed by atoms with Gasteiger partial charge in [-0.05, 0) is 235 Å². The maximum Gasteiger partial charge on any atom is 0.410 e. The van der Waals surface area contributed by atoms with E-state index in [-0.39, 0.29) is 103 Å². The number of primary amides is 1. The van der Waals surface area contributed by atoms with E-state index in [0.29, 0.717) is 122 Å². The molecule has 0 radical (unpaired) electrons. The summed E-state index contributed by atoms with van der Waals surface area (Å²) < 4.78 is 18.4. The fourth-order valence-electron chi connectivity index (χ4n) is 17.9. The lowest BCUT2D eigenvalue weighted by Gasteiger charge is -2.41. The molecule has 11 aliphatic rings. The Kier molecular flexibility index (Phi) is 31.7. The van der Waals surface area contributed by atoms with E-state index in [1.54, 1.807) is 147 Å². The van der Waals surface area contributed by atoms with Gasteiger partial charge in [0.05, 0.1) is 19.6 Å². The molecule has 10 aromatic heterocycles. The zero-order chi connectivity index (χ0) is 102. The van der Waals surface area contributed by atoms with E-state index in [9.17, 15) is 71.9 Å². The van der Waals surface area contributed by atoms with Gasteiger partial charge in [0.25, 0.3) is 68.8 Å². The molecule has 17 N–H and O–H groups in total. The Labute approximate surface area is 824 Å². The molecule has 0 bridgehead atoms. The summed E-state index contributed by atoms with van der Waals surface area (Å²) in [6.07, 6.45) is 20.1. The molecule has 5 atom stereocenters. The van der Waals surface area contributed by atoms with Gasteiger partial charge in [-0.25, -0.2) is 49.5 Å². The summed E-state index contributed by atoms with van der Waals surface area (Å²) in [4.78, 5) is 218. The van der Waals surface area contributed by atoms with Gasteiger partial charge in [0, 0.05) is 63.9 Å². The molecule has 6 fully saturated rings. The van der Waals surface area contributed by atoms with Crippen LogP contribution in [0.4, 0.5) is 49.9 Å². The maximum absolute atomic E-state index is 13.3. The average Bonchev–Trinajstić information content (AvgIpc) is 1.72. The number of Topliss-reactive ketones (excluding diaryl/α,β-unsaturated/α-hetero) is 1. The molecule has 0 aromatic carbocycles. The number of pyridine rings is 6. The van der Waals surface area contributed by atoms with E-state index in [1.165, 1.54) is 74.2 Å². The number of nitrogens with one attached hydrogen (secondary N) is 13. The van der Waals surface area contributed by atoms with Gasteiger partial charge in [0.2, 0.25) is 0 Å². The molecule has 21 rings (SSSR count). The van der Waals surface area contributed by atoms with Crippen LogP contribution in [-0.4, -0.2) is 221 Å². The van der Waals surface area contributed by atoms with E-state index in [0.717, 1.165) is 77.5 Å². The molecule has 142 heavy (non-hydrogen) atoms. The molecule has 47 nitrogen and oxygen atoms in total. The van der Waals surface area contributed by atoms with Crippen LogP contribution in [0.25, 0.3) is 0 Å². The van der Waals surface area contributed by atoms with Gasteiger partial charge in [-0.3, -0.25) is 85.2 Å². The molecule has 21 heterocycles. The number of amides is 8. The summed E-state index contributed by atoms with van der Waals surface area (Å²) >= 11 is 17.2. The van der Waals surface area contributed by atoms with Crippen LogP contribution in [-0.2, 0) is 42.6 Å². The number of fused-ring (bicyclic) bond motifs is 10. The van der Waals surface area contributed by atoms with Crippen molar-refractivity contribution in [2.75, 3.05) is 100 Å². The minimum absolute atomic E-state index is 0.0370. The van der Waals surface area contributed by atoms with E-state index in [1.807, 2.05) is 0 Å². The van der Waals surface area contributed by atoms with Gasteiger partial charge in [0.1, 0.15) is 160 Å². The summed E-state index contributed by atoms with van der Waals surface area (Å²) in [6, 6.07) is 25.1. The summed E-state index contributed by atoms with van der Waals surface area (Å²) in [5.74, 6) is 0.410. The smallest absolute Gasteiger partial charge is 0.410 e. The number of ether oxygens (including phenoxy) is 2. The van der Waals surface area contributed by atoms with Crippen LogP contribution in [0, 0.1) is 0 Å². The van der Waals surface area contributed by atoms with Crippen LogP contribution in [0.3, 0.4) is 0 Å². The van der Waals surface area contributed by atoms with Gasteiger partial charge in [-0.15, -0.1) is 0 Å². The van der Waals surface area contributed by atoms with Crippen LogP contribution in [0.5, 0.6) is 0 Å². The average molecular weight is 2010 g/mol. The summed E-state index contributed by atoms with van der Waals surface area (Å²) in [6.45, 7) is 18.1. The number of nitrogens with two attached hydrogens (primary N) is 2. The topological polar surface area (TPSA) is 621 Å². The maximum atomic E-state index is 13.3. The Bertz CT molecular complexity index is 6660. The summed E-state index contributed by atoms with van der Waals surface area (Å²) in [5.41, 5.74) is 5.61. The number of hydrogen-bond donors (Lipinski definition) is 15. The van der Waals surface area contributed by atoms with Crippen molar-refractivity contribution < 1.29 is 52.6 Å². The van der Waals surface area contributed by atoms with Crippen molar-refractivity contribution in [2.45, 2.75) is 158 Å². The highest BCUT2D eigenvalue weighted by atomic mass is 35.5. The monoisotopic (exact) mass is 2010 g/mol. The van der Waals surface area contributed by atoms with Crippen molar-refractivity contribution in [1.82, 2.24) is 125 Å². The highest BCUT2D eigenvalue weighted by molar-refractivity contribution is 6.31. The first-order chi connectivity index (χ1) is 67.7. The molecule has 6 saturated heterocycles. The van der Waals surface area contributed by atoms with Crippen molar-refractivity contribution >= 4 is 129 Å². The normalized spacial score (nSPS) is 21.1. The Morgan fingerprint density at radius 3 is 1.00 bits per heavy atom. The van der Waals surface area contributed by atoms with Crippen molar-refractivity contribution in [3.05, 3.63) is 259 Å². The third-order valence-corrected chi connectivity index (χ3v) is 25.0. The number of carbonyl (C=O) groups is 9. The quantitative estimate of drug-likeness (QED) is 0.105. The van der Waals surface area contributed by atoms with E-state index >= 15 is 0 Å². The van der Waals surface area contributed by atoms with Crippen LogP contribution in [0.2, 0.25) is 15.1 Å². The Hall–Kier alpha value is -15.0. The van der Waals surface area contributed by atoms with Crippen molar-refractivity contribution in [1.29, 1.82) is 0 Å². The number of halogens is 3. The van der Waals surface area contributed by atoms with Crippen LogP contribution >= 0.6 is 34.8 Å². The largest absolute Gasteiger partial charge is 0.444 e. The van der Waals surface area contributed by atoms with Gasteiger partial charge in [-0.1, -0.05) is 34.8 Å². The number of piperidine rings is 6. The number of rotatable bonds is 7. The summed E-state index contributed by atoms with van der Waals surface area (Å²) in [7, 11) is 0. The minimum Gasteiger partial charge on any atom is -0.444 e. The number of carbonyl (C=O) groups excluding carboxylic acids is 9. The Balaban J connectivity index is 0.000000133. The molecule has 748 valence electrons. The molecule has 11 aliphatic heterocycles. The molecule has 5 spiro atoms. The van der Waals surface area contributed by atoms with Crippen molar-refractivity contribution in [2.24, 2.45) is 5.73 Å². The second kappa shape index (κ2) is 43.8. The van der Waals surface area contributed by atoms with Crippen molar-refractivity contribution in [3.8, 4) is 0 Å². The number of aromatic amines is 1. The van der Waals surface area contributed by atoms with E-state index in [4.69, 9.17) is 55.7 Å². The predicted octanol–water partition coefficient (Wildman–Crippen LogP) is 4.47. The fourth-order valence-corrected chi connectivity index (χ4v) is 18.3. The molecule has 0 saturated carbocycles. The number of nitrogens with zero attached hydrogens (tertiary/aromatic N) is 15. The molecule has 10 aromatic rings. The highest BCUT2D eigenvalue weighted by Crippen LogP contribution is 2.37. The minimum atomic E-state index is -1.01. The number of anilines is 7. The first kappa shape index (κ1) is 103. The molecule has 8 amide bonds. The zero-order valence-corrected chi connectivity index (χ0v) is 80.5. The van der Waals surface area contributed by atoms with Crippen molar-refractivity contribution in [3.63, 3.8) is 0 Å². The molecule has 0 aliphatic carbocycles. The second-order valence-corrected chi connectivity index (χ2v) is 37.8. The van der Waals surface area contributed by atoms with E-state index < -0.39 is 68.7 Å². The van der Waals surface area contributed by atoms with Gasteiger partial charge < -0.3 is 99.5 Å². The number of H-pyrrole nitrogens is 1. The molecule has 5 unspecified atom stereocenters. The lowest BCUT2D eigenvalue weighted by Crippen LogP contribution is -2.59. The first-order valence-electron chi connectivity index (χ1n) is 45.6. The number of hydrogen-bond acceptors (Lipinski definition) is 33. The van der Waals surface area contributed by atoms with Crippen LogP contribution in [0.1, 0.15) is 182 Å². The second-order valence-electron chi connectivity index (χ2n) is 36.5. The third-order valence-electron chi connectivity index (χ3n) is 24.1.